The monoisotopic (exact) mass is 240 g/mol. The van der Waals surface area contributed by atoms with Crippen LogP contribution in [0.25, 0.3) is 0 Å². The molecule has 1 aromatic rings. The van der Waals surface area contributed by atoms with E-state index in [9.17, 15) is 0 Å². The SMILES string of the molecule is COc1ccc(C2=NOC(CN)C2)cc1Cl. The van der Waals surface area contributed by atoms with Gasteiger partial charge in [0.2, 0.25) is 0 Å². The maximum absolute atomic E-state index is 6.03. The number of nitrogens with two attached hydrogens (primary N) is 1. The zero-order valence-corrected chi connectivity index (χ0v) is 9.70. The number of methoxy groups -OCH3 is 1. The largest absolute Gasteiger partial charge is 0.495 e. The molecule has 2 rings (SSSR count). The lowest BCUT2D eigenvalue weighted by molar-refractivity contribution is 0.0918. The second kappa shape index (κ2) is 4.72. The van der Waals surface area contributed by atoms with Gasteiger partial charge in [0.15, 0.2) is 0 Å². The van der Waals surface area contributed by atoms with E-state index in [4.69, 9.17) is 26.9 Å². The van der Waals surface area contributed by atoms with Gasteiger partial charge in [0.1, 0.15) is 11.9 Å². The minimum absolute atomic E-state index is 0.0177. The molecule has 0 amide bonds. The van der Waals surface area contributed by atoms with E-state index in [2.05, 4.69) is 5.16 Å². The standard InChI is InChI=1S/C11H13ClN2O2/c1-15-11-3-2-7(4-9(11)12)10-5-8(6-13)16-14-10/h2-4,8H,5-6,13H2,1H3. The summed E-state index contributed by atoms with van der Waals surface area (Å²) in [5.41, 5.74) is 7.33. The average Bonchev–Trinajstić information content (AvgIpc) is 2.77. The molecule has 0 fully saturated rings. The van der Waals surface area contributed by atoms with Crippen LogP contribution in [0.2, 0.25) is 5.02 Å². The normalized spacial score (nSPS) is 19.2. The van der Waals surface area contributed by atoms with Crippen LogP contribution in [0.1, 0.15) is 12.0 Å². The summed E-state index contributed by atoms with van der Waals surface area (Å²) >= 11 is 6.03. The summed E-state index contributed by atoms with van der Waals surface area (Å²) < 4.78 is 5.08. The van der Waals surface area contributed by atoms with Gasteiger partial charge < -0.3 is 15.3 Å². The van der Waals surface area contributed by atoms with Crippen molar-refractivity contribution in [3.05, 3.63) is 28.8 Å². The molecule has 1 aromatic carbocycles. The Morgan fingerprint density at radius 2 is 2.44 bits per heavy atom. The van der Waals surface area contributed by atoms with E-state index in [-0.39, 0.29) is 6.10 Å². The Kier molecular flexibility index (Phi) is 3.31. The third-order valence-corrected chi connectivity index (χ3v) is 2.78. The molecule has 0 aliphatic carbocycles. The molecule has 1 aliphatic rings. The number of hydrogen-bond acceptors (Lipinski definition) is 4. The lowest BCUT2D eigenvalue weighted by Crippen LogP contribution is -2.20. The van der Waals surface area contributed by atoms with Crippen molar-refractivity contribution in [3.63, 3.8) is 0 Å². The number of halogens is 1. The van der Waals surface area contributed by atoms with E-state index < -0.39 is 0 Å². The molecule has 16 heavy (non-hydrogen) atoms. The third kappa shape index (κ3) is 2.13. The van der Waals surface area contributed by atoms with Gasteiger partial charge in [0, 0.05) is 18.5 Å². The van der Waals surface area contributed by atoms with Crippen LogP contribution in [-0.4, -0.2) is 25.5 Å². The Morgan fingerprint density at radius 1 is 1.62 bits per heavy atom. The minimum Gasteiger partial charge on any atom is -0.495 e. The van der Waals surface area contributed by atoms with Crippen LogP contribution in [0, 0.1) is 0 Å². The van der Waals surface area contributed by atoms with Crippen molar-refractivity contribution in [1.82, 2.24) is 0 Å². The molecular weight excluding hydrogens is 228 g/mol. The zero-order chi connectivity index (χ0) is 11.5. The molecule has 1 aliphatic heterocycles. The summed E-state index contributed by atoms with van der Waals surface area (Å²) in [5.74, 6) is 0.653. The highest BCUT2D eigenvalue weighted by Gasteiger charge is 2.21. The van der Waals surface area contributed by atoms with Gasteiger partial charge in [-0.2, -0.15) is 0 Å². The molecule has 5 heteroatoms. The first-order valence-electron chi connectivity index (χ1n) is 5.01. The highest BCUT2D eigenvalue weighted by atomic mass is 35.5. The average molecular weight is 241 g/mol. The molecule has 1 atom stereocenters. The van der Waals surface area contributed by atoms with Crippen molar-refractivity contribution in [1.29, 1.82) is 0 Å². The molecule has 1 heterocycles. The fourth-order valence-corrected chi connectivity index (χ4v) is 1.83. The van der Waals surface area contributed by atoms with Crippen molar-refractivity contribution in [3.8, 4) is 5.75 Å². The number of benzene rings is 1. The first kappa shape index (κ1) is 11.2. The first-order valence-corrected chi connectivity index (χ1v) is 5.39. The van der Waals surface area contributed by atoms with E-state index in [1.54, 1.807) is 7.11 Å². The van der Waals surface area contributed by atoms with E-state index >= 15 is 0 Å². The molecule has 1 unspecified atom stereocenters. The van der Waals surface area contributed by atoms with Gasteiger partial charge in [0.05, 0.1) is 17.8 Å². The predicted molar refractivity (Wildman–Crippen MR) is 63.1 cm³/mol. The van der Waals surface area contributed by atoms with Gasteiger partial charge in [-0.15, -0.1) is 0 Å². The number of hydrogen-bond donors (Lipinski definition) is 1. The second-order valence-corrected chi connectivity index (χ2v) is 3.96. The second-order valence-electron chi connectivity index (χ2n) is 3.55. The van der Waals surface area contributed by atoms with Crippen LogP contribution < -0.4 is 10.5 Å². The maximum Gasteiger partial charge on any atom is 0.145 e. The van der Waals surface area contributed by atoms with Gasteiger partial charge >= 0.3 is 0 Å². The molecular formula is C11H13ClN2O2. The summed E-state index contributed by atoms with van der Waals surface area (Å²) in [5, 5.41) is 4.56. The molecule has 0 spiro atoms. The fraction of sp³-hybridized carbons (Fsp3) is 0.364. The van der Waals surface area contributed by atoms with Gasteiger partial charge in [0.25, 0.3) is 0 Å². The van der Waals surface area contributed by atoms with Crippen molar-refractivity contribution in [2.45, 2.75) is 12.5 Å². The van der Waals surface area contributed by atoms with E-state index in [1.807, 2.05) is 18.2 Å². The topological polar surface area (TPSA) is 56.8 Å². The Morgan fingerprint density at radius 3 is 3.00 bits per heavy atom. The molecule has 0 saturated carbocycles. The van der Waals surface area contributed by atoms with Crippen molar-refractivity contribution < 1.29 is 9.57 Å². The summed E-state index contributed by atoms with van der Waals surface area (Å²) in [4.78, 5) is 5.15. The number of rotatable bonds is 3. The molecule has 4 nitrogen and oxygen atoms in total. The van der Waals surface area contributed by atoms with Crippen LogP contribution in [-0.2, 0) is 4.84 Å². The highest BCUT2D eigenvalue weighted by molar-refractivity contribution is 6.32. The van der Waals surface area contributed by atoms with Crippen LogP contribution in [0.15, 0.2) is 23.4 Å². The molecule has 86 valence electrons. The van der Waals surface area contributed by atoms with Crippen LogP contribution in [0.5, 0.6) is 5.75 Å². The smallest absolute Gasteiger partial charge is 0.145 e. The lowest BCUT2D eigenvalue weighted by Gasteiger charge is -2.05. The zero-order valence-electron chi connectivity index (χ0n) is 8.94. The summed E-state index contributed by atoms with van der Waals surface area (Å²) in [7, 11) is 1.58. The van der Waals surface area contributed by atoms with Crippen LogP contribution in [0.3, 0.4) is 0 Å². The van der Waals surface area contributed by atoms with Crippen molar-refractivity contribution in [2.75, 3.05) is 13.7 Å². The predicted octanol–water partition coefficient (Wildman–Crippen LogP) is 1.80. The quantitative estimate of drug-likeness (QED) is 0.877. The van der Waals surface area contributed by atoms with E-state index in [0.717, 1.165) is 17.7 Å². The number of nitrogens with zero attached hydrogens (tertiary/aromatic N) is 1. The fourth-order valence-electron chi connectivity index (χ4n) is 1.57. The Bertz CT molecular complexity index is 420. The molecule has 0 saturated heterocycles. The minimum atomic E-state index is -0.0177. The van der Waals surface area contributed by atoms with Gasteiger partial charge in [-0.3, -0.25) is 0 Å². The van der Waals surface area contributed by atoms with E-state index in [1.165, 1.54) is 0 Å². The highest BCUT2D eigenvalue weighted by Crippen LogP contribution is 2.27. The van der Waals surface area contributed by atoms with Gasteiger partial charge in [-0.25, -0.2) is 0 Å². The third-order valence-electron chi connectivity index (χ3n) is 2.48. The Labute approximate surface area is 99.0 Å². The van der Waals surface area contributed by atoms with Crippen LogP contribution in [0.4, 0.5) is 0 Å². The molecule has 2 N–H and O–H groups in total. The number of ether oxygens (including phenoxy) is 1. The Hall–Kier alpha value is -1.26. The van der Waals surface area contributed by atoms with Crippen molar-refractivity contribution >= 4 is 17.3 Å². The van der Waals surface area contributed by atoms with Gasteiger partial charge in [-0.05, 0) is 18.2 Å². The number of oxime groups is 1. The molecule has 0 aromatic heterocycles. The first-order chi connectivity index (χ1) is 7.74. The summed E-state index contributed by atoms with van der Waals surface area (Å²) in [6, 6.07) is 5.54. The Balaban J connectivity index is 2.20. The van der Waals surface area contributed by atoms with Gasteiger partial charge in [-0.1, -0.05) is 16.8 Å². The summed E-state index contributed by atoms with van der Waals surface area (Å²) in [6.45, 7) is 0.469. The molecule has 0 bridgehead atoms. The van der Waals surface area contributed by atoms with Crippen molar-refractivity contribution in [2.24, 2.45) is 10.9 Å². The molecule has 0 radical (unpaired) electrons. The van der Waals surface area contributed by atoms with Crippen LogP contribution >= 0.6 is 11.6 Å². The summed E-state index contributed by atoms with van der Waals surface area (Å²) in [6.07, 6.45) is 0.704. The maximum atomic E-state index is 6.03. The lowest BCUT2D eigenvalue weighted by atomic mass is 10.1. The van der Waals surface area contributed by atoms with E-state index in [0.29, 0.717) is 17.3 Å².